The van der Waals surface area contributed by atoms with Crippen LogP contribution in [0.2, 0.25) is 5.02 Å². The summed E-state index contributed by atoms with van der Waals surface area (Å²) in [7, 11) is 1.83. The van der Waals surface area contributed by atoms with E-state index in [4.69, 9.17) is 22.1 Å². The van der Waals surface area contributed by atoms with Gasteiger partial charge in [-0.05, 0) is 23.8 Å². The highest BCUT2D eigenvalue weighted by Crippen LogP contribution is 2.31. The average molecular weight is 293 g/mol. The Morgan fingerprint density at radius 2 is 1.62 bits per heavy atom. The van der Waals surface area contributed by atoms with Crippen LogP contribution >= 0.6 is 11.6 Å². The zero-order valence-electron chi connectivity index (χ0n) is 11.1. The van der Waals surface area contributed by atoms with Crippen LogP contribution < -0.4 is 0 Å². The van der Waals surface area contributed by atoms with Gasteiger partial charge in [0, 0.05) is 23.8 Å². The molecule has 2 rings (SSSR count). The van der Waals surface area contributed by atoms with Crippen LogP contribution in [0.25, 0.3) is 16.8 Å². The fourth-order valence-corrected chi connectivity index (χ4v) is 2.21. The van der Waals surface area contributed by atoms with Crippen molar-refractivity contribution in [3.63, 3.8) is 0 Å². The number of hydrogen-bond donors (Lipinski definition) is 0. The summed E-state index contributed by atoms with van der Waals surface area (Å²) in [4.78, 5) is 0. The van der Waals surface area contributed by atoms with Crippen molar-refractivity contribution < 1.29 is 0 Å². The first-order valence-corrected chi connectivity index (χ1v) is 6.36. The standard InChI is InChI=1S/C16H9ClN4/c1-21-7-6-14(15(10-20)12(8-18)9-19)16(21)11-2-4-13(17)5-3-11/h2-7H,1H3. The van der Waals surface area contributed by atoms with Crippen LogP contribution in [0, 0.1) is 34.0 Å². The van der Waals surface area contributed by atoms with Gasteiger partial charge in [-0.15, -0.1) is 0 Å². The molecule has 0 aliphatic heterocycles. The Bertz CT molecular complexity index is 820. The van der Waals surface area contributed by atoms with Crippen LogP contribution in [0.4, 0.5) is 0 Å². The molecule has 1 aromatic carbocycles. The van der Waals surface area contributed by atoms with E-state index in [-0.39, 0.29) is 11.1 Å². The summed E-state index contributed by atoms with van der Waals surface area (Å²) in [5.41, 5.74) is 2.04. The molecule has 5 heteroatoms. The summed E-state index contributed by atoms with van der Waals surface area (Å²) in [6.45, 7) is 0. The molecule has 21 heavy (non-hydrogen) atoms. The van der Waals surface area contributed by atoms with Crippen LogP contribution in [-0.2, 0) is 7.05 Å². The minimum absolute atomic E-state index is 0.0746. The lowest BCUT2D eigenvalue weighted by molar-refractivity contribution is 0.936. The van der Waals surface area contributed by atoms with Crippen molar-refractivity contribution in [3.05, 3.63) is 52.7 Å². The number of benzene rings is 1. The van der Waals surface area contributed by atoms with Crippen molar-refractivity contribution in [2.45, 2.75) is 0 Å². The van der Waals surface area contributed by atoms with Gasteiger partial charge in [0.25, 0.3) is 0 Å². The van der Waals surface area contributed by atoms with E-state index in [9.17, 15) is 5.26 Å². The van der Waals surface area contributed by atoms with Gasteiger partial charge in [0.2, 0.25) is 0 Å². The highest BCUT2D eigenvalue weighted by atomic mass is 35.5. The van der Waals surface area contributed by atoms with Gasteiger partial charge in [-0.3, -0.25) is 0 Å². The van der Waals surface area contributed by atoms with Crippen LogP contribution in [0.5, 0.6) is 0 Å². The first kappa shape index (κ1) is 14.4. The molecule has 0 saturated carbocycles. The lowest BCUT2D eigenvalue weighted by atomic mass is 9.99. The van der Waals surface area contributed by atoms with Gasteiger partial charge >= 0.3 is 0 Å². The van der Waals surface area contributed by atoms with E-state index in [1.54, 1.807) is 36.5 Å². The van der Waals surface area contributed by atoms with Crippen molar-refractivity contribution in [3.8, 4) is 29.5 Å². The predicted molar refractivity (Wildman–Crippen MR) is 79.6 cm³/mol. The SMILES string of the molecule is Cn1ccc(C(C#N)=C(C#N)C#N)c1-c1ccc(Cl)cc1. The molecule has 1 aromatic heterocycles. The lowest BCUT2D eigenvalue weighted by Crippen LogP contribution is -1.94. The molecular weight excluding hydrogens is 284 g/mol. The van der Waals surface area contributed by atoms with Gasteiger partial charge in [0.05, 0.1) is 11.3 Å². The van der Waals surface area contributed by atoms with E-state index in [2.05, 4.69) is 0 Å². The Kier molecular flexibility index (Phi) is 4.10. The topological polar surface area (TPSA) is 76.3 Å². The molecule has 0 radical (unpaired) electrons. The largest absolute Gasteiger partial charge is 0.350 e. The Morgan fingerprint density at radius 3 is 2.14 bits per heavy atom. The quantitative estimate of drug-likeness (QED) is 0.792. The van der Waals surface area contributed by atoms with Crippen LogP contribution in [0.3, 0.4) is 0 Å². The fraction of sp³-hybridized carbons (Fsp3) is 0.0625. The maximum Gasteiger partial charge on any atom is 0.148 e. The number of nitrogens with zero attached hydrogens (tertiary/aromatic N) is 4. The third kappa shape index (κ3) is 2.65. The van der Waals surface area contributed by atoms with Crippen molar-refractivity contribution in [1.82, 2.24) is 4.57 Å². The van der Waals surface area contributed by atoms with Crippen molar-refractivity contribution in [1.29, 1.82) is 15.8 Å². The number of aromatic nitrogens is 1. The molecule has 0 fully saturated rings. The summed E-state index contributed by atoms with van der Waals surface area (Å²) >= 11 is 5.88. The number of nitriles is 3. The summed E-state index contributed by atoms with van der Waals surface area (Å²) in [6.07, 6.45) is 1.78. The molecule has 0 spiro atoms. The minimum Gasteiger partial charge on any atom is -0.350 e. The molecule has 0 aliphatic carbocycles. The van der Waals surface area contributed by atoms with E-state index in [1.807, 2.05) is 29.8 Å². The highest BCUT2D eigenvalue weighted by molar-refractivity contribution is 6.30. The fourth-order valence-electron chi connectivity index (χ4n) is 2.09. The second kappa shape index (κ2) is 5.97. The lowest BCUT2D eigenvalue weighted by Gasteiger charge is -2.08. The monoisotopic (exact) mass is 292 g/mol. The summed E-state index contributed by atoms with van der Waals surface area (Å²) in [6, 6.07) is 14.4. The van der Waals surface area contributed by atoms with Gasteiger partial charge in [-0.2, -0.15) is 15.8 Å². The van der Waals surface area contributed by atoms with Crippen LogP contribution in [0.15, 0.2) is 42.1 Å². The minimum atomic E-state index is -0.195. The summed E-state index contributed by atoms with van der Waals surface area (Å²) in [5.74, 6) is 0. The maximum absolute atomic E-state index is 9.30. The molecule has 0 atom stereocenters. The molecule has 0 saturated heterocycles. The van der Waals surface area contributed by atoms with E-state index in [0.717, 1.165) is 11.3 Å². The number of allylic oxidation sites excluding steroid dienone is 2. The third-order valence-electron chi connectivity index (χ3n) is 3.05. The third-order valence-corrected chi connectivity index (χ3v) is 3.30. The molecule has 1 heterocycles. The van der Waals surface area contributed by atoms with Gasteiger partial charge in [-0.25, -0.2) is 0 Å². The highest BCUT2D eigenvalue weighted by Gasteiger charge is 2.17. The van der Waals surface area contributed by atoms with E-state index >= 15 is 0 Å². The maximum atomic E-state index is 9.30. The number of halogens is 1. The molecule has 2 aromatic rings. The Morgan fingerprint density at radius 1 is 1.00 bits per heavy atom. The molecule has 4 nitrogen and oxygen atoms in total. The number of hydrogen-bond acceptors (Lipinski definition) is 3. The van der Waals surface area contributed by atoms with Crippen LogP contribution in [-0.4, -0.2) is 4.57 Å². The normalized spacial score (nSPS) is 9.29. The first-order valence-electron chi connectivity index (χ1n) is 5.98. The Labute approximate surface area is 127 Å². The number of aryl methyl sites for hydroxylation is 1. The zero-order chi connectivity index (χ0) is 15.4. The average Bonchev–Trinajstić information content (AvgIpc) is 2.87. The molecule has 0 aliphatic rings. The van der Waals surface area contributed by atoms with E-state index in [1.165, 1.54) is 0 Å². The van der Waals surface area contributed by atoms with Gasteiger partial charge in [0.1, 0.15) is 23.8 Å². The van der Waals surface area contributed by atoms with Crippen molar-refractivity contribution in [2.24, 2.45) is 7.05 Å². The summed E-state index contributed by atoms with van der Waals surface area (Å²) < 4.78 is 1.84. The van der Waals surface area contributed by atoms with E-state index < -0.39 is 0 Å². The van der Waals surface area contributed by atoms with Crippen molar-refractivity contribution in [2.75, 3.05) is 0 Å². The van der Waals surface area contributed by atoms with E-state index in [0.29, 0.717) is 10.6 Å². The second-order valence-electron chi connectivity index (χ2n) is 4.28. The van der Waals surface area contributed by atoms with Gasteiger partial charge in [0.15, 0.2) is 0 Å². The van der Waals surface area contributed by atoms with Crippen LogP contribution in [0.1, 0.15) is 5.56 Å². The number of rotatable bonds is 2. The molecule has 0 N–H and O–H groups in total. The first-order chi connectivity index (χ1) is 10.1. The van der Waals surface area contributed by atoms with Crippen molar-refractivity contribution >= 4 is 17.2 Å². The Hall–Kier alpha value is -3.00. The van der Waals surface area contributed by atoms with Gasteiger partial charge in [-0.1, -0.05) is 23.7 Å². The molecule has 0 amide bonds. The molecule has 0 unspecified atom stereocenters. The summed E-state index contributed by atoms with van der Waals surface area (Å²) in [5, 5.41) is 27.9. The molecule has 100 valence electrons. The molecule has 0 bridgehead atoms. The zero-order valence-corrected chi connectivity index (χ0v) is 11.9. The smallest absolute Gasteiger partial charge is 0.148 e. The predicted octanol–water partition coefficient (Wildman–Crippen LogP) is 3.67. The Balaban J connectivity index is 2.73. The molecular formula is C16H9ClN4. The second-order valence-corrected chi connectivity index (χ2v) is 4.72. The van der Waals surface area contributed by atoms with Gasteiger partial charge < -0.3 is 4.57 Å².